The molecule has 3 aliphatic rings. The van der Waals surface area contributed by atoms with Crippen LogP contribution in [0.1, 0.15) is 70.8 Å². The molecule has 1 N–H and O–H groups in total. The van der Waals surface area contributed by atoms with Crippen LogP contribution in [0.25, 0.3) is 10.9 Å². The van der Waals surface area contributed by atoms with Crippen LogP contribution in [0.2, 0.25) is 0 Å². The van der Waals surface area contributed by atoms with E-state index in [4.69, 9.17) is 19.2 Å². The lowest BCUT2D eigenvalue weighted by Crippen LogP contribution is -2.53. The highest BCUT2D eigenvalue weighted by Crippen LogP contribution is 2.39. The molecule has 33 heavy (non-hydrogen) atoms. The van der Waals surface area contributed by atoms with Crippen molar-refractivity contribution in [2.45, 2.75) is 95.1 Å². The van der Waals surface area contributed by atoms with Gasteiger partial charge in [0, 0.05) is 36.5 Å². The molecular formula is C27H38N2O4. The van der Waals surface area contributed by atoms with Crippen molar-refractivity contribution in [3.63, 3.8) is 0 Å². The third-order valence-electron chi connectivity index (χ3n) is 7.67. The first-order chi connectivity index (χ1) is 15.9. The average molecular weight is 455 g/mol. The Bertz CT molecular complexity index is 934. The molecule has 6 heteroatoms. The number of nitrogens with one attached hydrogen (secondary N) is 1. The smallest absolute Gasteiger partial charge is 0.201 e. The van der Waals surface area contributed by atoms with Gasteiger partial charge < -0.3 is 14.8 Å². The zero-order valence-electron chi connectivity index (χ0n) is 20.3. The number of fused-ring (bicyclic) bond motifs is 1. The van der Waals surface area contributed by atoms with E-state index in [0.717, 1.165) is 48.8 Å². The Kier molecular flexibility index (Phi) is 6.62. The van der Waals surface area contributed by atoms with Crippen LogP contribution in [0.15, 0.2) is 30.5 Å². The number of pyridine rings is 1. The fourth-order valence-electron chi connectivity index (χ4n) is 5.68. The van der Waals surface area contributed by atoms with E-state index in [1.54, 1.807) is 7.11 Å². The SMILES string of the molecule is COc1cc(CC2CCC(NC3CCC4(CC3)OCC(C)(C)OO4)CC2)c2ncccc2c1. The maximum atomic E-state index is 6.09. The van der Waals surface area contributed by atoms with Gasteiger partial charge in [0.05, 0.1) is 19.2 Å². The van der Waals surface area contributed by atoms with Gasteiger partial charge in [-0.25, -0.2) is 9.78 Å². The third-order valence-corrected chi connectivity index (χ3v) is 7.67. The van der Waals surface area contributed by atoms with E-state index in [1.807, 2.05) is 26.1 Å². The quantitative estimate of drug-likeness (QED) is 0.616. The van der Waals surface area contributed by atoms with Crippen LogP contribution in [0.4, 0.5) is 0 Å². The number of hydrogen-bond acceptors (Lipinski definition) is 6. The standard InChI is InChI=1S/C27H38N2O4/c1-26(2)18-31-27(33-32-26)12-10-23(11-13-27)29-22-8-6-19(7-9-22)15-21-17-24(30-3)16-20-5-4-14-28-25(20)21/h4-5,14,16-17,19,22-23,29H,6-13,15,18H2,1-3H3. The van der Waals surface area contributed by atoms with E-state index in [0.29, 0.717) is 24.6 Å². The van der Waals surface area contributed by atoms with Gasteiger partial charge in [0.2, 0.25) is 5.79 Å². The number of ether oxygens (including phenoxy) is 2. The summed E-state index contributed by atoms with van der Waals surface area (Å²) in [5.41, 5.74) is 2.08. The highest BCUT2D eigenvalue weighted by atomic mass is 17.2. The molecule has 2 saturated carbocycles. The molecule has 0 amide bonds. The highest BCUT2D eigenvalue weighted by Gasteiger charge is 2.45. The second kappa shape index (κ2) is 9.49. The van der Waals surface area contributed by atoms with Crippen LogP contribution < -0.4 is 10.1 Å². The second-order valence-electron chi connectivity index (χ2n) is 10.9. The lowest BCUT2D eigenvalue weighted by molar-refractivity contribution is -0.511. The van der Waals surface area contributed by atoms with Gasteiger partial charge in [-0.05, 0) is 88.5 Å². The first-order valence-corrected chi connectivity index (χ1v) is 12.6. The Morgan fingerprint density at radius 1 is 1.03 bits per heavy atom. The van der Waals surface area contributed by atoms with Gasteiger partial charge in [0.1, 0.15) is 11.4 Å². The lowest BCUT2D eigenvalue weighted by atomic mass is 9.81. The van der Waals surface area contributed by atoms with Crippen LogP contribution in [-0.4, -0.2) is 42.2 Å². The van der Waals surface area contributed by atoms with E-state index in [9.17, 15) is 0 Å². The van der Waals surface area contributed by atoms with Crippen LogP contribution in [0.3, 0.4) is 0 Å². The fraction of sp³-hybridized carbons (Fsp3) is 0.667. The maximum Gasteiger partial charge on any atom is 0.201 e. The van der Waals surface area contributed by atoms with E-state index >= 15 is 0 Å². The lowest BCUT2D eigenvalue weighted by Gasteiger charge is -2.45. The van der Waals surface area contributed by atoms with Gasteiger partial charge in [-0.1, -0.05) is 6.07 Å². The molecule has 0 atom stereocenters. The topological polar surface area (TPSA) is 61.8 Å². The molecule has 1 aromatic heterocycles. The first kappa shape index (κ1) is 23.0. The predicted molar refractivity (Wildman–Crippen MR) is 128 cm³/mol. The van der Waals surface area contributed by atoms with E-state index in [-0.39, 0.29) is 5.60 Å². The Labute approximate surface area is 197 Å². The average Bonchev–Trinajstić information content (AvgIpc) is 2.84. The number of benzene rings is 1. The van der Waals surface area contributed by atoms with Crippen molar-refractivity contribution in [2.24, 2.45) is 5.92 Å². The summed E-state index contributed by atoms with van der Waals surface area (Å²) in [5, 5.41) is 5.11. The number of methoxy groups -OCH3 is 1. The van der Waals surface area contributed by atoms with Crippen LogP contribution >= 0.6 is 0 Å². The Balaban J connectivity index is 1.11. The monoisotopic (exact) mass is 454 g/mol. The molecule has 5 rings (SSSR count). The van der Waals surface area contributed by atoms with Crippen molar-refractivity contribution in [2.75, 3.05) is 13.7 Å². The van der Waals surface area contributed by atoms with Crippen molar-refractivity contribution in [1.29, 1.82) is 0 Å². The minimum Gasteiger partial charge on any atom is -0.497 e. The van der Waals surface area contributed by atoms with Crippen LogP contribution in [0, 0.1) is 5.92 Å². The molecule has 6 nitrogen and oxygen atoms in total. The number of hydrogen-bond donors (Lipinski definition) is 1. The molecule has 2 aliphatic carbocycles. The molecule has 0 unspecified atom stereocenters. The van der Waals surface area contributed by atoms with Crippen molar-refractivity contribution in [3.8, 4) is 5.75 Å². The van der Waals surface area contributed by atoms with Crippen molar-refractivity contribution < 1.29 is 19.2 Å². The molecule has 1 spiro atoms. The summed E-state index contributed by atoms with van der Waals surface area (Å²) in [4.78, 5) is 16.0. The molecule has 1 saturated heterocycles. The second-order valence-corrected chi connectivity index (χ2v) is 10.9. The first-order valence-electron chi connectivity index (χ1n) is 12.6. The van der Waals surface area contributed by atoms with Gasteiger partial charge in [-0.15, -0.1) is 0 Å². The molecule has 180 valence electrons. The summed E-state index contributed by atoms with van der Waals surface area (Å²) >= 11 is 0. The molecular weight excluding hydrogens is 416 g/mol. The number of aromatic nitrogens is 1. The minimum atomic E-state index is -0.529. The van der Waals surface area contributed by atoms with Crippen LogP contribution in [-0.2, 0) is 20.9 Å². The van der Waals surface area contributed by atoms with Gasteiger partial charge in [0.15, 0.2) is 0 Å². The van der Waals surface area contributed by atoms with Crippen molar-refractivity contribution in [1.82, 2.24) is 10.3 Å². The highest BCUT2D eigenvalue weighted by molar-refractivity contribution is 5.83. The molecule has 1 aliphatic heterocycles. The van der Waals surface area contributed by atoms with Gasteiger partial charge in [-0.3, -0.25) is 4.98 Å². The summed E-state index contributed by atoms with van der Waals surface area (Å²) in [6.07, 6.45) is 11.9. The molecule has 2 aromatic rings. The predicted octanol–water partition coefficient (Wildman–Crippen LogP) is 5.33. The normalized spacial score (nSPS) is 32.2. The molecule has 0 bridgehead atoms. The van der Waals surface area contributed by atoms with E-state index in [2.05, 4.69) is 28.5 Å². The van der Waals surface area contributed by atoms with E-state index in [1.165, 1.54) is 31.2 Å². The summed E-state index contributed by atoms with van der Waals surface area (Å²) in [5.74, 6) is 1.11. The zero-order chi connectivity index (χ0) is 22.9. The molecule has 0 radical (unpaired) electrons. The minimum absolute atomic E-state index is 0.355. The number of nitrogens with zero attached hydrogens (tertiary/aromatic N) is 1. The Hall–Kier alpha value is -1.73. The van der Waals surface area contributed by atoms with Crippen molar-refractivity contribution in [3.05, 3.63) is 36.0 Å². The molecule has 2 heterocycles. The summed E-state index contributed by atoms with van der Waals surface area (Å²) in [7, 11) is 1.74. The Morgan fingerprint density at radius 3 is 2.48 bits per heavy atom. The van der Waals surface area contributed by atoms with Gasteiger partial charge >= 0.3 is 0 Å². The third kappa shape index (κ3) is 5.35. The summed E-state index contributed by atoms with van der Waals surface area (Å²) in [6, 6.07) is 9.54. The Morgan fingerprint density at radius 2 is 1.79 bits per heavy atom. The molecule has 1 aromatic carbocycles. The maximum absolute atomic E-state index is 6.09. The zero-order valence-corrected chi connectivity index (χ0v) is 20.3. The number of rotatable bonds is 5. The van der Waals surface area contributed by atoms with Gasteiger partial charge in [0.25, 0.3) is 0 Å². The largest absolute Gasteiger partial charge is 0.497 e. The summed E-state index contributed by atoms with van der Waals surface area (Å²) in [6.45, 7) is 4.58. The van der Waals surface area contributed by atoms with Crippen molar-refractivity contribution >= 4 is 10.9 Å². The van der Waals surface area contributed by atoms with E-state index < -0.39 is 5.79 Å². The van der Waals surface area contributed by atoms with Gasteiger partial charge in [-0.2, -0.15) is 0 Å². The summed E-state index contributed by atoms with van der Waals surface area (Å²) < 4.78 is 11.6. The molecule has 3 fully saturated rings. The fourth-order valence-corrected chi connectivity index (χ4v) is 5.68. The van der Waals surface area contributed by atoms with Crippen LogP contribution in [0.5, 0.6) is 5.75 Å².